The van der Waals surface area contributed by atoms with Crippen LogP contribution in [0.5, 0.6) is 5.75 Å². The largest absolute Gasteiger partial charge is 0.508 e. The minimum Gasteiger partial charge on any atom is -0.508 e. The van der Waals surface area contributed by atoms with Gasteiger partial charge in [0.2, 0.25) is 0 Å². The summed E-state index contributed by atoms with van der Waals surface area (Å²) in [6.07, 6.45) is 2.00. The first-order valence-corrected chi connectivity index (χ1v) is 5.97. The van der Waals surface area contributed by atoms with Gasteiger partial charge in [-0.15, -0.1) is 0 Å². The van der Waals surface area contributed by atoms with Gasteiger partial charge >= 0.3 is 6.03 Å². The lowest BCUT2D eigenvalue weighted by atomic mass is 9.90. The van der Waals surface area contributed by atoms with E-state index < -0.39 is 0 Å². The average molecular weight is 234 g/mol. The van der Waals surface area contributed by atoms with Crippen LogP contribution in [0.2, 0.25) is 0 Å². The molecule has 1 aromatic carbocycles. The predicted molar refractivity (Wildman–Crippen MR) is 66.1 cm³/mol. The van der Waals surface area contributed by atoms with Gasteiger partial charge in [-0.25, -0.2) is 4.79 Å². The van der Waals surface area contributed by atoms with Gasteiger partial charge in [-0.05, 0) is 24.5 Å². The van der Waals surface area contributed by atoms with Gasteiger partial charge in [-0.1, -0.05) is 18.2 Å². The summed E-state index contributed by atoms with van der Waals surface area (Å²) in [5.41, 5.74) is 0.945. The van der Waals surface area contributed by atoms with Crippen LogP contribution in [0.4, 0.5) is 4.79 Å². The number of hydrogen-bond acceptors (Lipinski definition) is 2. The van der Waals surface area contributed by atoms with Gasteiger partial charge in [-0.3, -0.25) is 0 Å². The molecule has 1 aromatic rings. The summed E-state index contributed by atoms with van der Waals surface area (Å²) in [7, 11) is 1.64. The molecule has 92 valence electrons. The summed E-state index contributed by atoms with van der Waals surface area (Å²) in [4.78, 5) is 13.4. The van der Waals surface area contributed by atoms with Crippen molar-refractivity contribution in [3.63, 3.8) is 0 Å². The Bertz CT molecular complexity index is 406. The molecule has 1 unspecified atom stereocenters. The molecule has 4 nitrogen and oxygen atoms in total. The Hall–Kier alpha value is -1.71. The number of likely N-dealkylation sites (tertiary alicyclic amines) is 1. The zero-order valence-corrected chi connectivity index (χ0v) is 10.0. The van der Waals surface area contributed by atoms with E-state index in [1.54, 1.807) is 18.0 Å². The Morgan fingerprint density at radius 2 is 2.24 bits per heavy atom. The average Bonchev–Trinajstić information content (AvgIpc) is 2.38. The number of nitrogens with zero attached hydrogens (tertiary/aromatic N) is 1. The summed E-state index contributed by atoms with van der Waals surface area (Å²) < 4.78 is 0. The summed E-state index contributed by atoms with van der Waals surface area (Å²) >= 11 is 0. The highest BCUT2D eigenvalue weighted by Gasteiger charge is 2.25. The second-order valence-electron chi connectivity index (χ2n) is 4.40. The molecule has 1 heterocycles. The number of piperidine rings is 1. The summed E-state index contributed by atoms with van der Waals surface area (Å²) in [6.45, 7) is 1.47. The molecule has 1 aliphatic heterocycles. The molecule has 2 N–H and O–H groups in total. The minimum absolute atomic E-state index is 0.0369. The maximum absolute atomic E-state index is 11.6. The fourth-order valence-electron chi connectivity index (χ4n) is 2.41. The quantitative estimate of drug-likeness (QED) is 0.780. The molecule has 1 fully saturated rings. The standard InChI is InChI=1S/C13H18N2O2/c1-14-13(17)15-8-4-5-10(9-15)11-6-2-3-7-12(11)16/h2-3,6-7,10,16H,4-5,8-9H2,1H3,(H,14,17). The SMILES string of the molecule is CNC(=O)N1CCCC(c2ccccc2O)C1. The van der Waals surface area contributed by atoms with Crippen molar-refractivity contribution in [2.24, 2.45) is 0 Å². The first-order valence-electron chi connectivity index (χ1n) is 5.97. The van der Waals surface area contributed by atoms with Crippen molar-refractivity contribution >= 4 is 6.03 Å². The van der Waals surface area contributed by atoms with Crippen LogP contribution in [0.3, 0.4) is 0 Å². The number of carbonyl (C=O) groups is 1. The van der Waals surface area contributed by atoms with E-state index in [1.807, 2.05) is 18.2 Å². The molecule has 4 heteroatoms. The molecule has 1 aliphatic rings. The van der Waals surface area contributed by atoms with E-state index in [0.29, 0.717) is 12.3 Å². The van der Waals surface area contributed by atoms with Crippen LogP contribution in [0.15, 0.2) is 24.3 Å². The summed E-state index contributed by atoms with van der Waals surface area (Å²) in [5, 5.41) is 12.5. The van der Waals surface area contributed by atoms with Crippen molar-refractivity contribution in [1.29, 1.82) is 0 Å². The molecule has 2 rings (SSSR count). The first kappa shape index (κ1) is 11.8. The molecule has 0 radical (unpaired) electrons. The molecule has 2 amide bonds. The number of amides is 2. The van der Waals surface area contributed by atoms with Gasteiger partial charge in [0.15, 0.2) is 0 Å². The number of nitrogens with one attached hydrogen (secondary N) is 1. The third kappa shape index (κ3) is 2.52. The Morgan fingerprint density at radius 3 is 2.94 bits per heavy atom. The van der Waals surface area contributed by atoms with Crippen LogP contribution in [-0.4, -0.2) is 36.2 Å². The maximum Gasteiger partial charge on any atom is 0.317 e. The molecule has 0 spiro atoms. The highest BCUT2D eigenvalue weighted by Crippen LogP contribution is 2.32. The van der Waals surface area contributed by atoms with E-state index in [9.17, 15) is 9.90 Å². The molecule has 0 aliphatic carbocycles. The summed E-state index contributed by atoms with van der Waals surface area (Å²) in [6, 6.07) is 7.35. The zero-order chi connectivity index (χ0) is 12.3. The Kier molecular flexibility index (Phi) is 3.52. The van der Waals surface area contributed by atoms with Crippen molar-refractivity contribution in [3.05, 3.63) is 29.8 Å². The molecule has 0 saturated carbocycles. The van der Waals surface area contributed by atoms with Crippen molar-refractivity contribution in [2.45, 2.75) is 18.8 Å². The normalized spacial score (nSPS) is 20.1. The Balaban J connectivity index is 2.12. The van der Waals surface area contributed by atoms with Gasteiger partial charge in [0.25, 0.3) is 0 Å². The molecule has 1 atom stereocenters. The van der Waals surface area contributed by atoms with Crippen molar-refractivity contribution in [1.82, 2.24) is 10.2 Å². The van der Waals surface area contributed by atoms with Gasteiger partial charge in [0.05, 0.1) is 0 Å². The molecular formula is C13H18N2O2. The number of phenols is 1. The van der Waals surface area contributed by atoms with Crippen LogP contribution in [0.25, 0.3) is 0 Å². The number of phenolic OH excluding ortho intramolecular Hbond substituents is 1. The number of aromatic hydroxyl groups is 1. The number of urea groups is 1. The smallest absolute Gasteiger partial charge is 0.317 e. The lowest BCUT2D eigenvalue weighted by molar-refractivity contribution is 0.181. The van der Waals surface area contributed by atoms with E-state index in [1.165, 1.54) is 0 Å². The topological polar surface area (TPSA) is 52.6 Å². The number of benzene rings is 1. The van der Waals surface area contributed by atoms with Crippen molar-refractivity contribution in [3.8, 4) is 5.75 Å². The van der Waals surface area contributed by atoms with Gasteiger partial charge in [-0.2, -0.15) is 0 Å². The third-order valence-corrected chi connectivity index (χ3v) is 3.30. The van der Waals surface area contributed by atoms with Crippen LogP contribution in [0, 0.1) is 0 Å². The molecule has 0 aromatic heterocycles. The molecule has 17 heavy (non-hydrogen) atoms. The Labute approximate surface area is 101 Å². The zero-order valence-electron chi connectivity index (χ0n) is 10.0. The number of rotatable bonds is 1. The van der Waals surface area contributed by atoms with Gasteiger partial charge in [0.1, 0.15) is 5.75 Å². The van der Waals surface area contributed by atoms with Crippen LogP contribution in [-0.2, 0) is 0 Å². The molecule has 1 saturated heterocycles. The Morgan fingerprint density at radius 1 is 1.47 bits per heavy atom. The van der Waals surface area contributed by atoms with Gasteiger partial charge in [0, 0.05) is 26.1 Å². The molecule has 0 bridgehead atoms. The lowest BCUT2D eigenvalue weighted by Gasteiger charge is -2.32. The predicted octanol–water partition coefficient (Wildman–Crippen LogP) is 1.91. The monoisotopic (exact) mass is 234 g/mol. The highest BCUT2D eigenvalue weighted by atomic mass is 16.3. The first-order chi connectivity index (χ1) is 8.22. The number of carbonyl (C=O) groups excluding carboxylic acids is 1. The lowest BCUT2D eigenvalue weighted by Crippen LogP contribution is -2.43. The van der Waals surface area contributed by atoms with Gasteiger partial charge < -0.3 is 15.3 Å². The highest BCUT2D eigenvalue weighted by molar-refractivity contribution is 5.74. The second kappa shape index (κ2) is 5.08. The van der Waals surface area contributed by atoms with Crippen LogP contribution >= 0.6 is 0 Å². The fourth-order valence-corrected chi connectivity index (χ4v) is 2.41. The van der Waals surface area contributed by atoms with Crippen molar-refractivity contribution in [2.75, 3.05) is 20.1 Å². The fraction of sp³-hybridized carbons (Fsp3) is 0.462. The van der Waals surface area contributed by atoms with Crippen LogP contribution in [0.1, 0.15) is 24.3 Å². The van der Waals surface area contributed by atoms with E-state index in [4.69, 9.17) is 0 Å². The number of hydrogen-bond donors (Lipinski definition) is 2. The maximum atomic E-state index is 11.6. The third-order valence-electron chi connectivity index (χ3n) is 3.30. The van der Waals surface area contributed by atoms with Crippen molar-refractivity contribution < 1.29 is 9.90 Å². The number of para-hydroxylation sites is 1. The summed E-state index contributed by atoms with van der Waals surface area (Å²) in [5.74, 6) is 0.568. The van der Waals surface area contributed by atoms with E-state index in [-0.39, 0.29) is 11.9 Å². The minimum atomic E-state index is -0.0369. The van der Waals surface area contributed by atoms with E-state index >= 15 is 0 Å². The second-order valence-corrected chi connectivity index (χ2v) is 4.40. The molecular weight excluding hydrogens is 216 g/mol. The van der Waals surface area contributed by atoms with E-state index in [0.717, 1.165) is 24.9 Å². The van der Waals surface area contributed by atoms with Crippen LogP contribution < -0.4 is 5.32 Å². The van der Waals surface area contributed by atoms with E-state index in [2.05, 4.69) is 5.32 Å².